The standard InChI is InChI=1S/C10H15N3O3/c1-4-10(2,3)13-8(15)6-5-7(14)12-9(16)11-6/h5H,4H2,1-3H3,(H,13,15)(H2,11,12,14,16). The van der Waals surface area contributed by atoms with Crippen molar-refractivity contribution in [2.75, 3.05) is 0 Å². The second-order valence-electron chi connectivity index (χ2n) is 4.19. The summed E-state index contributed by atoms with van der Waals surface area (Å²) in [5, 5.41) is 2.71. The molecule has 0 aromatic carbocycles. The molecule has 0 radical (unpaired) electrons. The highest BCUT2D eigenvalue weighted by atomic mass is 16.2. The second kappa shape index (κ2) is 4.34. The van der Waals surface area contributed by atoms with Crippen molar-refractivity contribution >= 4 is 5.91 Å². The van der Waals surface area contributed by atoms with E-state index in [1.165, 1.54) is 0 Å². The minimum atomic E-state index is -0.688. The van der Waals surface area contributed by atoms with Crippen LogP contribution in [0.4, 0.5) is 0 Å². The van der Waals surface area contributed by atoms with E-state index in [4.69, 9.17) is 0 Å². The summed E-state index contributed by atoms with van der Waals surface area (Å²) in [5.41, 5.74) is -1.69. The Morgan fingerprint density at radius 1 is 1.38 bits per heavy atom. The third-order valence-electron chi connectivity index (χ3n) is 2.34. The molecule has 88 valence electrons. The Kier molecular flexibility index (Phi) is 3.31. The molecule has 0 bridgehead atoms. The zero-order valence-corrected chi connectivity index (χ0v) is 9.51. The molecule has 0 fully saturated rings. The van der Waals surface area contributed by atoms with Crippen LogP contribution in [-0.4, -0.2) is 21.4 Å². The third-order valence-corrected chi connectivity index (χ3v) is 2.34. The minimum absolute atomic E-state index is 0.0322. The van der Waals surface area contributed by atoms with E-state index in [1.54, 1.807) is 0 Å². The fourth-order valence-corrected chi connectivity index (χ4v) is 1.05. The van der Waals surface area contributed by atoms with E-state index in [9.17, 15) is 14.4 Å². The maximum Gasteiger partial charge on any atom is 0.326 e. The van der Waals surface area contributed by atoms with Gasteiger partial charge < -0.3 is 10.3 Å². The molecule has 1 aromatic heterocycles. The molecule has 3 N–H and O–H groups in total. The van der Waals surface area contributed by atoms with Gasteiger partial charge in [-0.1, -0.05) is 6.92 Å². The summed E-state index contributed by atoms with van der Waals surface area (Å²) in [6.45, 7) is 5.65. The molecule has 0 aliphatic heterocycles. The Morgan fingerprint density at radius 2 is 2.00 bits per heavy atom. The van der Waals surface area contributed by atoms with Crippen molar-refractivity contribution in [1.82, 2.24) is 15.3 Å². The lowest BCUT2D eigenvalue weighted by Crippen LogP contribution is -2.44. The van der Waals surface area contributed by atoms with Gasteiger partial charge >= 0.3 is 5.69 Å². The largest absolute Gasteiger partial charge is 0.346 e. The van der Waals surface area contributed by atoms with Gasteiger partial charge in [0, 0.05) is 11.6 Å². The van der Waals surface area contributed by atoms with Gasteiger partial charge in [0.2, 0.25) is 0 Å². The number of H-pyrrole nitrogens is 2. The van der Waals surface area contributed by atoms with Gasteiger partial charge in [0.25, 0.3) is 11.5 Å². The Bertz CT molecular complexity index is 470. The number of carbonyl (C=O) groups is 1. The van der Waals surface area contributed by atoms with Gasteiger partial charge in [-0.15, -0.1) is 0 Å². The lowest BCUT2D eigenvalue weighted by molar-refractivity contribution is 0.0905. The van der Waals surface area contributed by atoms with E-state index < -0.39 is 17.2 Å². The van der Waals surface area contributed by atoms with Crippen molar-refractivity contribution < 1.29 is 4.79 Å². The molecule has 0 spiro atoms. The van der Waals surface area contributed by atoms with E-state index in [-0.39, 0.29) is 11.2 Å². The number of hydrogen-bond acceptors (Lipinski definition) is 3. The maximum atomic E-state index is 11.7. The summed E-state index contributed by atoms with van der Waals surface area (Å²) in [6, 6.07) is 1.06. The number of carbonyl (C=O) groups excluding carboxylic acids is 1. The number of aromatic amines is 2. The van der Waals surface area contributed by atoms with Crippen LogP contribution in [0.15, 0.2) is 15.7 Å². The van der Waals surface area contributed by atoms with Gasteiger partial charge in [-0.25, -0.2) is 4.79 Å². The summed E-state index contributed by atoms with van der Waals surface area (Å²) in [6.07, 6.45) is 0.742. The highest BCUT2D eigenvalue weighted by Crippen LogP contribution is 2.07. The van der Waals surface area contributed by atoms with Crippen molar-refractivity contribution in [3.63, 3.8) is 0 Å². The summed E-state index contributed by atoms with van der Waals surface area (Å²) < 4.78 is 0. The molecular formula is C10H15N3O3. The van der Waals surface area contributed by atoms with Crippen molar-refractivity contribution in [2.24, 2.45) is 0 Å². The molecule has 0 saturated carbocycles. The zero-order valence-electron chi connectivity index (χ0n) is 9.51. The monoisotopic (exact) mass is 225 g/mol. The summed E-state index contributed by atoms with van der Waals surface area (Å²) >= 11 is 0. The molecule has 16 heavy (non-hydrogen) atoms. The first kappa shape index (κ1) is 12.2. The van der Waals surface area contributed by atoms with E-state index >= 15 is 0 Å². The molecular weight excluding hydrogens is 210 g/mol. The number of amides is 1. The van der Waals surface area contributed by atoms with E-state index in [2.05, 4.69) is 10.3 Å². The molecule has 6 nitrogen and oxygen atoms in total. The quantitative estimate of drug-likeness (QED) is 0.674. The number of rotatable bonds is 3. The van der Waals surface area contributed by atoms with Crippen molar-refractivity contribution in [1.29, 1.82) is 0 Å². The predicted molar refractivity (Wildman–Crippen MR) is 59.5 cm³/mol. The summed E-state index contributed by atoms with van der Waals surface area (Å²) in [7, 11) is 0. The Hall–Kier alpha value is -1.85. The fourth-order valence-electron chi connectivity index (χ4n) is 1.05. The molecule has 1 heterocycles. The highest BCUT2D eigenvalue weighted by molar-refractivity contribution is 5.92. The molecule has 1 aromatic rings. The number of aromatic nitrogens is 2. The van der Waals surface area contributed by atoms with Crippen LogP contribution >= 0.6 is 0 Å². The van der Waals surface area contributed by atoms with Crippen LogP contribution in [0, 0.1) is 0 Å². The van der Waals surface area contributed by atoms with Crippen LogP contribution in [0.2, 0.25) is 0 Å². The van der Waals surface area contributed by atoms with E-state index in [0.717, 1.165) is 12.5 Å². The zero-order chi connectivity index (χ0) is 12.3. The van der Waals surface area contributed by atoms with Crippen LogP contribution in [0.5, 0.6) is 0 Å². The predicted octanol–water partition coefficient (Wildman–Crippen LogP) is -0.0184. The van der Waals surface area contributed by atoms with Crippen LogP contribution in [0.3, 0.4) is 0 Å². The average molecular weight is 225 g/mol. The third kappa shape index (κ3) is 3.08. The molecule has 0 aliphatic carbocycles. The van der Waals surface area contributed by atoms with E-state index in [1.807, 2.05) is 25.8 Å². The second-order valence-corrected chi connectivity index (χ2v) is 4.19. The van der Waals surface area contributed by atoms with Gasteiger partial charge in [0.1, 0.15) is 5.69 Å². The lowest BCUT2D eigenvalue weighted by Gasteiger charge is -2.24. The fraction of sp³-hybridized carbons (Fsp3) is 0.500. The van der Waals surface area contributed by atoms with Gasteiger partial charge in [0.05, 0.1) is 0 Å². The van der Waals surface area contributed by atoms with E-state index in [0.29, 0.717) is 0 Å². The minimum Gasteiger partial charge on any atom is -0.346 e. The van der Waals surface area contributed by atoms with Gasteiger partial charge in [-0.2, -0.15) is 0 Å². The smallest absolute Gasteiger partial charge is 0.326 e. The van der Waals surface area contributed by atoms with Crippen molar-refractivity contribution in [3.05, 3.63) is 32.6 Å². The normalized spacial score (nSPS) is 11.2. The van der Waals surface area contributed by atoms with Gasteiger partial charge in [0.15, 0.2) is 0 Å². The Labute approximate surface area is 92.1 Å². The summed E-state index contributed by atoms with van der Waals surface area (Å²) in [5.74, 6) is -0.463. The Balaban J connectivity index is 2.98. The topological polar surface area (TPSA) is 94.8 Å². The van der Waals surface area contributed by atoms with Crippen LogP contribution in [0.25, 0.3) is 0 Å². The first-order valence-corrected chi connectivity index (χ1v) is 5.00. The molecule has 1 rings (SSSR count). The number of nitrogens with one attached hydrogen (secondary N) is 3. The maximum absolute atomic E-state index is 11.7. The van der Waals surface area contributed by atoms with Gasteiger partial charge in [-0.05, 0) is 20.3 Å². The van der Waals surface area contributed by atoms with Crippen molar-refractivity contribution in [3.8, 4) is 0 Å². The van der Waals surface area contributed by atoms with Crippen LogP contribution < -0.4 is 16.6 Å². The van der Waals surface area contributed by atoms with Crippen LogP contribution in [-0.2, 0) is 0 Å². The van der Waals surface area contributed by atoms with Gasteiger partial charge in [-0.3, -0.25) is 14.6 Å². The Morgan fingerprint density at radius 3 is 2.50 bits per heavy atom. The highest BCUT2D eigenvalue weighted by Gasteiger charge is 2.19. The molecule has 0 saturated heterocycles. The first-order valence-electron chi connectivity index (χ1n) is 5.00. The number of hydrogen-bond donors (Lipinski definition) is 3. The lowest BCUT2D eigenvalue weighted by atomic mass is 10.0. The SMILES string of the molecule is CCC(C)(C)NC(=O)c1cc(=O)[nH]c(=O)[nH]1. The molecule has 0 unspecified atom stereocenters. The molecule has 0 atom stereocenters. The molecule has 0 aliphatic rings. The molecule has 6 heteroatoms. The first-order chi connectivity index (χ1) is 7.34. The molecule has 1 amide bonds. The van der Waals surface area contributed by atoms with Crippen LogP contribution in [0.1, 0.15) is 37.7 Å². The van der Waals surface area contributed by atoms with Crippen molar-refractivity contribution in [2.45, 2.75) is 32.7 Å². The average Bonchev–Trinajstić information content (AvgIpc) is 2.15. The summed E-state index contributed by atoms with van der Waals surface area (Å²) in [4.78, 5) is 37.9.